The van der Waals surface area contributed by atoms with Gasteiger partial charge in [0.25, 0.3) is 0 Å². The van der Waals surface area contributed by atoms with Crippen LogP contribution in [-0.4, -0.2) is 29.3 Å². The molecular weight excluding hydrogens is 206 g/mol. The molecule has 0 bridgehead atoms. The molecule has 1 aromatic heterocycles. The zero-order valence-corrected chi connectivity index (χ0v) is 7.95. The maximum Gasteiger partial charge on any atom is 0.314 e. The molecule has 1 saturated heterocycles. The molecule has 82 valence electrons. The van der Waals surface area contributed by atoms with E-state index in [9.17, 15) is 8.78 Å². The van der Waals surface area contributed by atoms with E-state index in [1.54, 1.807) is 0 Å². The molecule has 1 aliphatic rings. The van der Waals surface area contributed by atoms with Crippen LogP contribution >= 0.6 is 0 Å². The smallest absolute Gasteiger partial charge is 0.314 e. The van der Waals surface area contributed by atoms with Crippen molar-refractivity contribution in [3.05, 3.63) is 18.1 Å². The van der Waals surface area contributed by atoms with E-state index >= 15 is 0 Å². The third-order valence-electron chi connectivity index (χ3n) is 2.10. The Morgan fingerprint density at radius 2 is 2.00 bits per heavy atom. The van der Waals surface area contributed by atoms with Crippen LogP contribution in [0.1, 0.15) is 12.8 Å². The molecule has 0 amide bonds. The monoisotopic (exact) mass is 216 g/mol. The standard InChI is InChI=1S/C9H10F2N2O2/c10-7-5-8(13-9(11)12-7)15-6-1-3-14-4-2-6/h5-6H,1-4H2. The zero-order chi connectivity index (χ0) is 10.7. The largest absolute Gasteiger partial charge is 0.474 e. The molecule has 0 aliphatic carbocycles. The Labute approximate surface area is 85.2 Å². The first kappa shape index (κ1) is 10.2. The van der Waals surface area contributed by atoms with Gasteiger partial charge in [-0.15, -0.1) is 0 Å². The predicted molar refractivity (Wildman–Crippen MR) is 46.4 cm³/mol. The summed E-state index contributed by atoms with van der Waals surface area (Å²) in [7, 11) is 0. The van der Waals surface area contributed by atoms with E-state index < -0.39 is 12.0 Å². The maximum absolute atomic E-state index is 12.7. The van der Waals surface area contributed by atoms with Gasteiger partial charge >= 0.3 is 6.08 Å². The normalized spacial score (nSPS) is 17.7. The SMILES string of the molecule is Fc1cc(OC2CCOCC2)nc(F)n1. The van der Waals surface area contributed by atoms with Crippen molar-refractivity contribution in [2.24, 2.45) is 0 Å². The van der Waals surface area contributed by atoms with E-state index in [1.165, 1.54) is 0 Å². The number of rotatable bonds is 2. The molecule has 4 nitrogen and oxygen atoms in total. The molecule has 6 heteroatoms. The first-order chi connectivity index (χ1) is 7.24. The second-order valence-corrected chi connectivity index (χ2v) is 3.23. The van der Waals surface area contributed by atoms with E-state index in [2.05, 4.69) is 9.97 Å². The number of halogens is 2. The van der Waals surface area contributed by atoms with Gasteiger partial charge in [-0.25, -0.2) is 0 Å². The molecule has 0 unspecified atom stereocenters. The lowest BCUT2D eigenvalue weighted by Crippen LogP contribution is -2.26. The van der Waals surface area contributed by atoms with Gasteiger partial charge in [-0.05, 0) is 0 Å². The molecule has 0 saturated carbocycles. The minimum absolute atomic E-state index is 0.0631. The van der Waals surface area contributed by atoms with Gasteiger partial charge in [0, 0.05) is 12.8 Å². The minimum Gasteiger partial charge on any atom is -0.474 e. The lowest BCUT2D eigenvalue weighted by atomic mass is 10.2. The molecule has 0 N–H and O–H groups in total. The summed E-state index contributed by atoms with van der Waals surface area (Å²) >= 11 is 0. The van der Waals surface area contributed by atoms with Gasteiger partial charge in [0.05, 0.1) is 19.3 Å². The zero-order valence-electron chi connectivity index (χ0n) is 7.95. The molecule has 0 aromatic carbocycles. The Bertz CT molecular complexity index is 323. The van der Waals surface area contributed by atoms with E-state index in [0.717, 1.165) is 6.07 Å². The fraction of sp³-hybridized carbons (Fsp3) is 0.556. The minimum atomic E-state index is -1.11. The molecule has 0 atom stereocenters. The number of aromatic nitrogens is 2. The molecule has 1 fully saturated rings. The van der Waals surface area contributed by atoms with Gasteiger partial charge in [0.2, 0.25) is 11.8 Å². The van der Waals surface area contributed by atoms with Crippen LogP contribution in [0.2, 0.25) is 0 Å². The summed E-state index contributed by atoms with van der Waals surface area (Å²) in [6, 6.07) is 0.971. The van der Waals surface area contributed by atoms with Crippen molar-refractivity contribution in [2.45, 2.75) is 18.9 Å². The van der Waals surface area contributed by atoms with E-state index in [-0.39, 0.29) is 12.0 Å². The van der Waals surface area contributed by atoms with Gasteiger partial charge in [0.1, 0.15) is 6.10 Å². The topological polar surface area (TPSA) is 44.2 Å². The highest BCUT2D eigenvalue weighted by atomic mass is 19.1. The molecule has 1 aromatic rings. The van der Waals surface area contributed by atoms with Crippen molar-refractivity contribution in [3.63, 3.8) is 0 Å². The third kappa shape index (κ3) is 2.82. The second-order valence-electron chi connectivity index (χ2n) is 3.23. The van der Waals surface area contributed by atoms with Crippen LogP contribution in [0.15, 0.2) is 6.07 Å². The van der Waals surface area contributed by atoms with Gasteiger partial charge in [0.15, 0.2) is 0 Å². The molecule has 15 heavy (non-hydrogen) atoms. The molecule has 0 radical (unpaired) electrons. The fourth-order valence-electron chi connectivity index (χ4n) is 1.40. The highest BCUT2D eigenvalue weighted by molar-refractivity contribution is 5.07. The van der Waals surface area contributed by atoms with E-state index in [4.69, 9.17) is 9.47 Å². The van der Waals surface area contributed by atoms with Crippen LogP contribution in [0.3, 0.4) is 0 Å². The quantitative estimate of drug-likeness (QED) is 0.552. The third-order valence-corrected chi connectivity index (χ3v) is 2.10. The summed E-state index contributed by atoms with van der Waals surface area (Å²) in [5, 5.41) is 0. The fourth-order valence-corrected chi connectivity index (χ4v) is 1.40. The number of hydrogen-bond donors (Lipinski definition) is 0. The average molecular weight is 216 g/mol. The summed E-state index contributed by atoms with van der Waals surface area (Å²) in [4.78, 5) is 6.23. The van der Waals surface area contributed by atoms with Gasteiger partial charge in [-0.3, -0.25) is 0 Å². The Balaban J connectivity index is 2.02. The second kappa shape index (κ2) is 4.48. The number of ether oxygens (including phenoxy) is 2. The van der Waals surface area contributed by atoms with Crippen LogP contribution in [0.4, 0.5) is 8.78 Å². The molecule has 2 rings (SSSR count). The first-order valence-electron chi connectivity index (χ1n) is 4.68. The highest BCUT2D eigenvalue weighted by Crippen LogP contribution is 2.16. The number of hydrogen-bond acceptors (Lipinski definition) is 4. The molecule has 1 aliphatic heterocycles. The van der Waals surface area contributed by atoms with Gasteiger partial charge < -0.3 is 9.47 Å². The lowest BCUT2D eigenvalue weighted by molar-refractivity contribution is 0.0231. The van der Waals surface area contributed by atoms with E-state index in [0.29, 0.717) is 26.1 Å². The number of nitrogens with zero attached hydrogens (tertiary/aromatic N) is 2. The van der Waals surface area contributed by atoms with E-state index in [1.807, 2.05) is 0 Å². The summed E-state index contributed by atoms with van der Waals surface area (Å²) in [6.45, 7) is 1.20. The Morgan fingerprint density at radius 3 is 2.67 bits per heavy atom. The van der Waals surface area contributed by atoms with Gasteiger partial charge in [-0.2, -0.15) is 18.7 Å². The van der Waals surface area contributed by atoms with Crippen molar-refractivity contribution >= 4 is 0 Å². The van der Waals surface area contributed by atoms with Crippen molar-refractivity contribution in [3.8, 4) is 5.88 Å². The van der Waals surface area contributed by atoms with Crippen LogP contribution < -0.4 is 4.74 Å². The van der Waals surface area contributed by atoms with Crippen molar-refractivity contribution in [1.82, 2.24) is 9.97 Å². The summed E-state index contributed by atoms with van der Waals surface area (Å²) in [6.07, 6.45) is 0.199. The molecular formula is C9H10F2N2O2. The van der Waals surface area contributed by atoms with Crippen LogP contribution in [0.5, 0.6) is 5.88 Å². The van der Waals surface area contributed by atoms with Crippen LogP contribution in [0, 0.1) is 12.0 Å². The molecule has 2 heterocycles. The Morgan fingerprint density at radius 1 is 1.27 bits per heavy atom. The van der Waals surface area contributed by atoms with Crippen LogP contribution in [0.25, 0.3) is 0 Å². The average Bonchev–Trinajstić information content (AvgIpc) is 2.17. The van der Waals surface area contributed by atoms with Crippen LogP contribution in [-0.2, 0) is 4.74 Å². The molecule has 0 spiro atoms. The highest BCUT2D eigenvalue weighted by Gasteiger charge is 2.16. The van der Waals surface area contributed by atoms with Crippen molar-refractivity contribution < 1.29 is 18.3 Å². The Kier molecular flexibility index (Phi) is 3.05. The Hall–Kier alpha value is -1.30. The van der Waals surface area contributed by atoms with Gasteiger partial charge in [-0.1, -0.05) is 0 Å². The maximum atomic E-state index is 12.7. The summed E-state index contributed by atoms with van der Waals surface area (Å²) < 4.78 is 35.7. The van der Waals surface area contributed by atoms with Crippen molar-refractivity contribution in [2.75, 3.05) is 13.2 Å². The lowest BCUT2D eigenvalue weighted by Gasteiger charge is -2.22. The van der Waals surface area contributed by atoms with Crippen molar-refractivity contribution in [1.29, 1.82) is 0 Å². The first-order valence-corrected chi connectivity index (χ1v) is 4.68. The summed E-state index contributed by atoms with van der Waals surface area (Å²) in [5.74, 6) is -0.989. The summed E-state index contributed by atoms with van der Waals surface area (Å²) in [5.41, 5.74) is 0. The predicted octanol–water partition coefficient (Wildman–Crippen LogP) is 1.31.